The normalized spacial score (nSPS) is 14.3. The molecular formula is C15H22FN. The van der Waals surface area contributed by atoms with Crippen LogP contribution in [0.2, 0.25) is 0 Å². The average Bonchev–Trinajstić information content (AvgIpc) is 2.29. The smallest absolute Gasteiger partial charge is 0.123 e. The molecule has 1 aromatic carbocycles. The predicted molar refractivity (Wildman–Crippen MR) is 71.6 cm³/mol. The van der Waals surface area contributed by atoms with E-state index in [0.29, 0.717) is 12.1 Å². The number of nitrogens with one attached hydrogen (secondary N) is 1. The van der Waals surface area contributed by atoms with Crippen molar-refractivity contribution in [1.82, 2.24) is 5.32 Å². The van der Waals surface area contributed by atoms with Gasteiger partial charge in [-0.25, -0.2) is 4.39 Å². The van der Waals surface area contributed by atoms with E-state index in [0.717, 1.165) is 19.3 Å². The Morgan fingerprint density at radius 2 is 1.88 bits per heavy atom. The van der Waals surface area contributed by atoms with Gasteiger partial charge in [-0.05, 0) is 50.8 Å². The fraction of sp³-hybridized carbons (Fsp3) is 0.467. The number of allylic oxidation sites excluding steroid dienone is 1. The van der Waals surface area contributed by atoms with Gasteiger partial charge in [0.25, 0.3) is 0 Å². The van der Waals surface area contributed by atoms with E-state index in [4.69, 9.17) is 0 Å². The summed E-state index contributed by atoms with van der Waals surface area (Å²) in [6.07, 6.45) is 5.02. The van der Waals surface area contributed by atoms with Crippen molar-refractivity contribution in [2.24, 2.45) is 0 Å². The number of halogens is 1. The highest BCUT2D eigenvalue weighted by atomic mass is 19.1. The minimum atomic E-state index is -0.172. The van der Waals surface area contributed by atoms with Crippen molar-refractivity contribution in [3.05, 3.63) is 48.3 Å². The topological polar surface area (TPSA) is 12.0 Å². The van der Waals surface area contributed by atoms with Gasteiger partial charge in [-0.3, -0.25) is 0 Å². The molecule has 0 spiro atoms. The summed E-state index contributed by atoms with van der Waals surface area (Å²) in [7, 11) is 0. The van der Waals surface area contributed by atoms with Crippen molar-refractivity contribution in [3.63, 3.8) is 0 Å². The largest absolute Gasteiger partial charge is 0.311 e. The molecule has 0 aromatic heterocycles. The molecule has 0 saturated heterocycles. The van der Waals surface area contributed by atoms with Gasteiger partial charge in [-0.2, -0.15) is 0 Å². The van der Waals surface area contributed by atoms with Crippen molar-refractivity contribution < 1.29 is 4.39 Å². The molecule has 1 nitrogen and oxygen atoms in total. The Labute approximate surface area is 104 Å². The molecule has 0 aliphatic carbocycles. The van der Waals surface area contributed by atoms with Gasteiger partial charge in [0.1, 0.15) is 5.82 Å². The van der Waals surface area contributed by atoms with Crippen LogP contribution in [0.3, 0.4) is 0 Å². The minimum absolute atomic E-state index is 0.172. The predicted octanol–water partition coefficient (Wildman–Crippen LogP) is 3.70. The maximum atomic E-state index is 12.7. The fourth-order valence-corrected chi connectivity index (χ4v) is 1.97. The van der Waals surface area contributed by atoms with Crippen LogP contribution in [0.25, 0.3) is 0 Å². The van der Waals surface area contributed by atoms with E-state index in [1.807, 2.05) is 18.2 Å². The molecule has 0 aliphatic heterocycles. The van der Waals surface area contributed by atoms with E-state index >= 15 is 0 Å². The van der Waals surface area contributed by atoms with Gasteiger partial charge in [-0.1, -0.05) is 18.2 Å². The van der Waals surface area contributed by atoms with Crippen LogP contribution in [0.5, 0.6) is 0 Å². The first-order valence-corrected chi connectivity index (χ1v) is 6.23. The molecule has 0 aliphatic rings. The van der Waals surface area contributed by atoms with Gasteiger partial charge >= 0.3 is 0 Å². The molecule has 2 atom stereocenters. The van der Waals surface area contributed by atoms with E-state index in [1.165, 1.54) is 17.7 Å². The minimum Gasteiger partial charge on any atom is -0.311 e. The van der Waals surface area contributed by atoms with Crippen LogP contribution in [0.1, 0.15) is 32.3 Å². The molecule has 1 aromatic rings. The van der Waals surface area contributed by atoms with Crippen molar-refractivity contribution in [2.45, 2.75) is 45.2 Å². The molecule has 0 fully saturated rings. The van der Waals surface area contributed by atoms with E-state index in [2.05, 4.69) is 25.7 Å². The molecule has 0 amide bonds. The summed E-state index contributed by atoms with van der Waals surface area (Å²) in [5, 5.41) is 3.54. The average molecular weight is 235 g/mol. The van der Waals surface area contributed by atoms with Gasteiger partial charge in [-0.15, -0.1) is 6.58 Å². The van der Waals surface area contributed by atoms with Crippen molar-refractivity contribution in [3.8, 4) is 0 Å². The molecule has 94 valence electrons. The maximum Gasteiger partial charge on any atom is 0.123 e. The van der Waals surface area contributed by atoms with E-state index in [1.54, 1.807) is 0 Å². The summed E-state index contributed by atoms with van der Waals surface area (Å²) in [6, 6.07) is 7.62. The zero-order chi connectivity index (χ0) is 12.7. The maximum absolute atomic E-state index is 12.7. The second kappa shape index (κ2) is 7.23. The van der Waals surface area contributed by atoms with E-state index in [-0.39, 0.29) is 5.82 Å². The highest BCUT2D eigenvalue weighted by molar-refractivity contribution is 5.17. The Morgan fingerprint density at radius 3 is 2.47 bits per heavy atom. The fourth-order valence-electron chi connectivity index (χ4n) is 1.97. The number of rotatable bonds is 7. The molecular weight excluding hydrogens is 213 g/mol. The third-order valence-electron chi connectivity index (χ3n) is 2.83. The van der Waals surface area contributed by atoms with Crippen LogP contribution >= 0.6 is 0 Å². The van der Waals surface area contributed by atoms with Crippen LogP contribution < -0.4 is 5.32 Å². The molecule has 2 unspecified atom stereocenters. The summed E-state index contributed by atoms with van der Waals surface area (Å²) >= 11 is 0. The SMILES string of the molecule is C=CCCC(C)NC(C)Cc1ccc(F)cc1. The zero-order valence-electron chi connectivity index (χ0n) is 10.7. The summed E-state index contributed by atoms with van der Waals surface area (Å²) < 4.78 is 12.7. The molecule has 2 heteroatoms. The van der Waals surface area contributed by atoms with E-state index in [9.17, 15) is 4.39 Å². The molecule has 1 N–H and O–H groups in total. The second-order valence-electron chi connectivity index (χ2n) is 4.67. The van der Waals surface area contributed by atoms with Gasteiger partial charge in [0.2, 0.25) is 0 Å². The molecule has 0 heterocycles. The lowest BCUT2D eigenvalue weighted by Crippen LogP contribution is -2.35. The molecule has 0 saturated carbocycles. The molecule has 1 rings (SSSR count). The highest BCUT2D eigenvalue weighted by Crippen LogP contribution is 2.07. The summed E-state index contributed by atoms with van der Waals surface area (Å²) in [6.45, 7) is 8.07. The third-order valence-corrected chi connectivity index (χ3v) is 2.83. The lowest BCUT2D eigenvalue weighted by Gasteiger charge is -2.19. The van der Waals surface area contributed by atoms with Gasteiger partial charge in [0.15, 0.2) is 0 Å². The van der Waals surface area contributed by atoms with Crippen molar-refractivity contribution in [1.29, 1.82) is 0 Å². The van der Waals surface area contributed by atoms with Crippen molar-refractivity contribution >= 4 is 0 Å². The monoisotopic (exact) mass is 235 g/mol. The van der Waals surface area contributed by atoms with Gasteiger partial charge < -0.3 is 5.32 Å². The van der Waals surface area contributed by atoms with Crippen LogP contribution in [0, 0.1) is 5.82 Å². The lowest BCUT2D eigenvalue weighted by molar-refractivity contribution is 0.446. The first-order chi connectivity index (χ1) is 8.11. The zero-order valence-corrected chi connectivity index (χ0v) is 10.7. The van der Waals surface area contributed by atoms with Crippen molar-refractivity contribution in [2.75, 3.05) is 0 Å². The Bertz CT molecular complexity index is 331. The molecule has 0 radical (unpaired) electrons. The Hall–Kier alpha value is -1.15. The van der Waals surface area contributed by atoms with Gasteiger partial charge in [0, 0.05) is 12.1 Å². The summed E-state index contributed by atoms with van der Waals surface area (Å²) in [5.41, 5.74) is 1.17. The standard InChI is InChI=1S/C15H22FN/c1-4-5-6-12(2)17-13(3)11-14-7-9-15(16)10-8-14/h4,7-10,12-13,17H,1,5-6,11H2,2-3H3. The number of hydrogen-bond acceptors (Lipinski definition) is 1. The number of benzene rings is 1. The van der Waals surface area contributed by atoms with Crippen LogP contribution in [0.15, 0.2) is 36.9 Å². The number of hydrogen-bond donors (Lipinski definition) is 1. The third kappa shape index (κ3) is 5.64. The lowest BCUT2D eigenvalue weighted by atomic mass is 10.1. The highest BCUT2D eigenvalue weighted by Gasteiger charge is 2.07. The Balaban J connectivity index is 2.35. The molecule has 17 heavy (non-hydrogen) atoms. The van der Waals surface area contributed by atoms with Crippen LogP contribution in [-0.2, 0) is 6.42 Å². The quantitative estimate of drug-likeness (QED) is 0.711. The van der Waals surface area contributed by atoms with E-state index < -0.39 is 0 Å². The van der Waals surface area contributed by atoms with Crippen LogP contribution in [0.4, 0.5) is 4.39 Å². The first-order valence-electron chi connectivity index (χ1n) is 6.23. The summed E-state index contributed by atoms with van der Waals surface area (Å²) in [5.74, 6) is -0.172. The van der Waals surface area contributed by atoms with Crippen LogP contribution in [-0.4, -0.2) is 12.1 Å². The Kier molecular flexibility index (Phi) is 5.92. The summed E-state index contributed by atoms with van der Waals surface area (Å²) in [4.78, 5) is 0. The van der Waals surface area contributed by atoms with Gasteiger partial charge in [0.05, 0.1) is 0 Å². The second-order valence-corrected chi connectivity index (χ2v) is 4.67. The molecule has 0 bridgehead atoms. The Morgan fingerprint density at radius 1 is 1.24 bits per heavy atom. The first kappa shape index (κ1) is 13.9.